The minimum atomic E-state index is -0.0161. The van der Waals surface area contributed by atoms with Crippen LogP contribution in [0, 0.1) is 31.1 Å². The number of nitrogens with one attached hydrogen (secondary N) is 4. The molecule has 0 aromatic carbocycles. The summed E-state index contributed by atoms with van der Waals surface area (Å²) >= 11 is 0. The molecule has 2 amide bonds. The molecule has 2 fully saturated rings. The minimum absolute atomic E-state index is 0.0154. The van der Waals surface area contributed by atoms with Gasteiger partial charge in [-0.2, -0.15) is 0 Å². The number of nitrogens with zero attached hydrogens (tertiary/aromatic N) is 6. The van der Waals surface area contributed by atoms with Gasteiger partial charge in [0.05, 0.1) is 29.2 Å². The fourth-order valence-electron chi connectivity index (χ4n) is 8.36. The maximum Gasteiger partial charge on any atom is 0.234 e. The van der Waals surface area contributed by atoms with Crippen molar-refractivity contribution in [1.29, 1.82) is 0 Å². The third-order valence-corrected chi connectivity index (χ3v) is 11.1. The van der Waals surface area contributed by atoms with Gasteiger partial charge in [-0.15, -0.1) is 6.42 Å². The zero-order chi connectivity index (χ0) is 41.6. The summed E-state index contributed by atoms with van der Waals surface area (Å²) in [5.41, 5.74) is 8.50. The number of pyridine rings is 4. The van der Waals surface area contributed by atoms with Gasteiger partial charge in [-0.25, -0.2) is 9.97 Å². The molecule has 8 heterocycles. The predicted molar refractivity (Wildman–Crippen MR) is 233 cm³/mol. The molecule has 0 saturated carbocycles. The monoisotopic (exact) mass is 792 g/mol. The number of aromatic amines is 2. The fourth-order valence-corrected chi connectivity index (χ4v) is 8.36. The van der Waals surface area contributed by atoms with Crippen molar-refractivity contribution in [2.45, 2.75) is 72.4 Å². The van der Waals surface area contributed by atoms with Gasteiger partial charge in [0.25, 0.3) is 0 Å². The van der Waals surface area contributed by atoms with Crippen LogP contribution in [0.4, 0.5) is 11.4 Å². The number of rotatable bonds is 9. The van der Waals surface area contributed by atoms with Gasteiger partial charge in [-0.3, -0.25) is 24.4 Å². The summed E-state index contributed by atoms with van der Waals surface area (Å²) in [6, 6.07) is 13.8. The van der Waals surface area contributed by atoms with Crippen molar-refractivity contribution >= 4 is 51.0 Å². The number of ketones is 1. The number of aromatic nitrogens is 6. The number of carbonyl (C=O) groups excluding carboxylic acids is 3. The van der Waals surface area contributed by atoms with Crippen molar-refractivity contribution in [3.63, 3.8) is 0 Å². The number of fused-ring (bicyclic) bond motifs is 2. The van der Waals surface area contributed by atoms with Crippen LogP contribution in [0.25, 0.3) is 44.6 Å². The molecule has 0 unspecified atom stereocenters. The normalized spacial score (nSPS) is 19.1. The van der Waals surface area contributed by atoms with Crippen molar-refractivity contribution in [3.8, 4) is 34.9 Å². The number of terminal acetylenes is 1. The highest BCUT2D eigenvalue weighted by molar-refractivity contribution is 6.00. The largest absolute Gasteiger partial charge is 0.379 e. The number of amides is 2. The van der Waals surface area contributed by atoms with Gasteiger partial charge >= 0.3 is 0 Å². The fraction of sp³-hybridized carbons (Fsp3) is 0.370. The van der Waals surface area contributed by atoms with Gasteiger partial charge in [0.1, 0.15) is 11.3 Å². The maximum atomic E-state index is 12.4. The number of H-pyrrole nitrogens is 2. The molecule has 4 atom stereocenters. The average Bonchev–Trinajstić information content (AvgIpc) is 3.92. The summed E-state index contributed by atoms with van der Waals surface area (Å²) in [6.45, 7) is 12.7. The van der Waals surface area contributed by atoms with Gasteiger partial charge in [-0.05, 0) is 74.9 Å². The van der Waals surface area contributed by atoms with Crippen LogP contribution >= 0.6 is 0 Å². The van der Waals surface area contributed by atoms with E-state index in [1.165, 1.54) is 6.92 Å². The number of hydrogen-bond donors (Lipinski definition) is 4. The summed E-state index contributed by atoms with van der Waals surface area (Å²) < 4.78 is 0. The van der Waals surface area contributed by atoms with Crippen LogP contribution in [0.2, 0.25) is 0 Å². The van der Waals surface area contributed by atoms with Gasteiger partial charge in [0.15, 0.2) is 5.78 Å². The molecule has 8 rings (SSSR count). The molecule has 0 bridgehead atoms. The summed E-state index contributed by atoms with van der Waals surface area (Å²) in [4.78, 5) is 65.0. The molecular weight excluding hydrogens is 741 g/mol. The highest BCUT2D eigenvalue weighted by Gasteiger charge is 2.30. The Labute approximate surface area is 344 Å². The molecule has 2 aliphatic rings. The number of carbonyl (C=O) groups is 3. The Bertz CT molecular complexity index is 2520. The van der Waals surface area contributed by atoms with Crippen LogP contribution in [0.5, 0.6) is 0 Å². The Morgan fingerprint density at radius 3 is 1.92 bits per heavy atom. The highest BCUT2D eigenvalue weighted by Crippen LogP contribution is 2.36. The zero-order valence-corrected chi connectivity index (χ0v) is 34.4. The number of hydrogen-bond acceptors (Lipinski definition) is 9. The first-order valence-electron chi connectivity index (χ1n) is 20.4. The lowest BCUT2D eigenvalue weighted by atomic mass is 9.94. The molecular formula is C46H52N10O3. The molecule has 13 nitrogen and oxygen atoms in total. The second kappa shape index (κ2) is 17.9. The predicted octanol–water partition coefficient (Wildman–Crippen LogP) is 7.49. The van der Waals surface area contributed by atoms with Crippen molar-refractivity contribution in [2.24, 2.45) is 11.8 Å². The number of likely N-dealkylation sites (tertiary alicyclic amines) is 2. The zero-order valence-electron chi connectivity index (χ0n) is 34.4. The molecule has 0 radical (unpaired) electrons. The lowest BCUT2D eigenvalue weighted by Gasteiger charge is -2.37. The Morgan fingerprint density at radius 1 is 0.797 bits per heavy atom. The molecule has 0 spiro atoms. The first-order valence-corrected chi connectivity index (χ1v) is 20.4. The summed E-state index contributed by atoms with van der Waals surface area (Å²) in [7, 11) is 0. The third-order valence-electron chi connectivity index (χ3n) is 11.1. The first-order chi connectivity index (χ1) is 28.5. The van der Waals surface area contributed by atoms with Crippen molar-refractivity contribution in [1.82, 2.24) is 39.7 Å². The van der Waals surface area contributed by atoms with E-state index in [1.54, 1.807) is 24.5 Å². The number of piperidine rings is 2. The van der Waals surface area contributed by atoms with Crippen molar-refractivity contribution in [3.05, 3.63) is 84.7 Å². The molecule has 59 heavy (non-hydrogen) atoms. The van der Waals surface area contributed by atoms with Crippen LogP contribution in [0.3, 0.4) is 0 Å². The second-order valence-corrected chi connectivity index (χ2v) is 15.9. The number of aryl methyl sites for hydroxylation is 1. The molecule has 2 saturated heterocycles. The van der Waals surface area contributed by atoms with Gasteiger partial charge < -0.3 is 30.4 Å². The van der Waals surface area contributed by atoms with Crippen LogP contribution in [0.1, 0.15) is 69.4 Å². The summed E-state index contributed by atoms with van der Waals surface area (Å²) in [5, 5.41) is 9.38. The van der Waals surface area contributed by atoms with Crippen LogP contribution in [-0.4, -0.2) is 95.6 Å². The van der Waals surface area contributed by atoms with E-state index in [2.05, 4.69) is 55.3 Å². The van der Waals surface area contributed by atoms with E-state index in [0.29, 0.717) is 42.6 Å². The molecule has 6 aromatic heterocycles. The van der Waals surface area contributed by atoms with Gasteiger partial charge in [0, 0.05) is 109 Å². The van der Waals surface area contributed by atoms with E-state index in [1.807, 2.05) is 72.6 Å². The van der Waals surface area contributed by atoms with Crippen LogP contribution in [-0.2, 0) is 9.59 Å². The van der Waals surface area contributed by atoms with E-state index in [4.69, 9.17) is 11.4 Å². The van der Waals surface area contributed by atoms with E-state index in [-0.39, 0.29) is 36.1 Å². The molecule has 6 aromatic rings. The Morgan fingerprint density at radius 2 is 1.37 bits per heavy atom. The Hall–Kier alpha value is -6.55. The third kappa shape index (κ3) is 9.28. The van der Waals surface area contributed by atoms with Gasteiger partial charge in [0.2, 0.25) is 11.8 Å². The van der Waals surface area contributed by atoms with Crippen molar-refractivity contribution < 1.29 is 14.4 Å². The SMILES string of the molecule is C#CCC(=O)N1C[C@@H](C)C[C@@H](Nc2c(-c3cc(C(C)=O)ccn3)cnc3[nH]ccc23)C1.CCC(=O)N1C[C@@H](C)C[C@@H](Nc2c(-c3cccc(C)n3)cnc3[nH]ccc23)C1. The second-order valence-electron chi connectivity index (χ2n) is 15.9. The number of Topliss-reactive ketones (excluding diaryl/α,β-unsaturated/α-hetero) is 1. The molecule has 304 valence electrons. The summed E-state index contributed by atoms with van der Waals surface area (Å²) in [6.07, 6.45) is 17.0. The lowest BCUT2D eigenvalue weighted by molar-refractivity contribution is -0.133. The molecule has 2 aliphatic heterocycles. The summed E-state index contributed by atoms with van der Waals surface area (Å²) in [5.74, 6) is 3.45. The van der Waals surface area contributed by atoms with Crippen LogP contribution < -0.4 is 10.6 Å². The standard InChI is InChI=1S/C24H25N5O2.C22H27N5O/c1-4-5-22(31)29-13-15(2)10-18(14-29)28-23-19-7-9-26-24(19)27-12-20(23)21-11-17(16(3)30)6-8-25-21;1-4-20(28)27-12-14(2)10-16(13-27)26-21-17-8-9-23-22(17)24-11-18(21)19-7-5-6-15(3)25-19/h1,6-9,11-12,15,18H,5,10,13-14H2,2-3H3,(H2,26,27,28);5-9,11,14,16H,4,10,12-13H2,1-3H3,(H2,23,24,26)/t15-,18+;14-,16+/m00/s1. The molecule has 4 N–H and O–H groups in total. The van der Waals surface area contributed by atoms with E-state index >= 15 is 0 Å². The van der Waals surface area contributed by atoms with Crippen LogP contribution in [0.15, 0.2) is 73.4 Å². The smallest absolute Gasteiger partial charge is 0.234 e. The maximum absolute atomic E-state index is 12.4. The lowest BCUT2D eigenvalue weighted by Crippen LogP contribution is -2.48. The van der Waals surface area contributed by atoms with Gasteiger partial charge in [-0.1, -0.05) is 32.8 Å². The Kier molecular flexibility index (Phi) is 12.4. The Balaban J connectivity index is 0.000000180. The number of anilines is 2. The minimum Gasteiger partial charge on any atom is -0.379 e. The first kappa shape index (κ1) is 40.6. The molecule has 13 heteroatoms. The van der Waals surface area contributed by atoms with Crippen molar-refractivity contribution in [2.75, 3.05) is 36.8 Å². The van der Waals surface area contributed by atoms with E-state index in [9.17, 15) is 14.4 Å². The molecule has 0 aliphatic carbocycles. The topological polar surface area (TPSA) is 165 Å². The van der Waals surface area contributed by atoms with E-state index < -0.39 is 0 Å². The quantitative estimate of drug-likeness (QED) is 0.0858. The highest BCUT2D eigenvalue weighted by atomic mass is 16.2. The average molecular weight is 793 g/mol. The van der Waals surface area contributed by atoms with E-state index in [0.717, 1.165) is 81.9 Å².